The molecule has 2 aliphatic heterocycles. The van der Waals surface area contributed by atoms with E-state index in [0.29, 0.717) is 43.8 Å². The number of alkyl halides is 2. The molecule has 6 rings (SSSR count). The predicted octanol–water partition coefficient (Wildman–Crippen LogP) is 4.46. The van der Waals surface area contributed by atoms with Crippen LogP contribution in [0.1, 0.15) is 45.3 Å². The highest BCUT2D eigenvalue weighted by atomic mass is 32.1. The van der Waals surface area contributed by atoms with E-state index in [-0.39, 0.29) is 28.7 Å². The van der Waals surface area contributed by atoms with E-state index >= 15 is 0 Å². The first-order valence-electron chi connectivity index (χ1n) is 15.4. The minimum atomic E-state index is -5.78. The van der Waals surface area contributed by atoms with Crippen LogP contribution in [0.3, 0.4) is 0 Å². The molecule has 0 spiro atoms. The highest BCUT2D eigenvalue weighted by molar-refractivity contribution is 7.52. The smallest absolute Gasteiger partial charge is 0.370 e. The molecule has 11 nitrogen and oxygen atoms in total. The molecule has 3 atom stereocenters. The number of nitrogens with zero attached hydrogens (tertiary/aromatic N) is 3. The molecular weight excluding hydrogens is 665 g/mol. The van der Waals surface area contributed by atoms with Gasteiger partial charge in [0.25, 0.3) is 5.91 Å². The largest absolute Gasteiger partial charge is 0.399 e. The van der Waals surface area contributed by atoms with Crippen molar-refractivity contribution in [2.24, 2.45) is 0 Å². The van der Waals surface area contributed by atoms with Crippen LogP contribution in [0.5, 0.6) is 0 Å². The fourth-order valence-corrected chi connectivity index (χ4v) is 7.53. The second kappa shape index (κ2) is 13.8. The lowest BCUT2D eigenvalue weighted by atomic mass is 10.0. The van der Waals surface area contributed by atoms with Gasteiger partial charge in [-0.05, 0) is 59.7 Å². The van der Waals surface area contributed by atoms with E-state index in [1.165, 1.54) is 17.0 Å². The standard InChI is InChI=1S/C33H33F2N4O7PS/c34-33(35,47(43,44)45)24-8-9-28-23(18-24)19-29(48-28)30(40)37-25(17-21-10-12-36-13-11-21)31(41)39-14-4-7-26(39)32(42)38-15-16-46-27(20-38)22-5-2-1-3-6-22/h1-3,5-6,8-13,18-19,25-27H,4,7,14-17,20H2,(H,37,40)(H2,43,44,45)/t25-,26-,27-/m0/s1. The van der Waals surface area contributed by atoms with Crippen LogP contribution in [0.15, 0.2) is 79.1 Å². The Balaban J connectivity index is 1.22. The van der Waals surface area contributed by atoms with Gasteiger partial charge in [0.15, 0.2) is 0 Å². The van der Waals surface area contributed by atoms with E-state index in [2.05, 4.69) is 10.3 Å². The number of aromatic nitrogens is 1. The Morgan fingerprint density at radius 3 is 2.54 bits per heavy atom. The number of nitrogens with one attached hydrogen (secondary N) is 1. The van der Waals surface area contributed by atoms with Crippen molar-refractivity contribution in [3.05, 3.63) is 101 Å². The number of pyridine rings is 1. The Morgan fingerprint density at radius 1 is 1.06 bits per heavy atom. The first-order valence-corrected chi connectivity index (χ1v) is 17.8. The van der Waals surface area contributed by atoms with Crippen LogP contribution in [0, 0.1) is 0 Å². The van der Waals surface area contributed by atoms with E-state index in [1.807, 2.05) is 30.3 Å². The van der Waals surface area contributed by atoms with E-state index in [9.17, 15) is 27.7 Å². The molecule has 15 heteroatoms. The molecule has 0 saturated carbocycles. The second-order valence-corrected chi connectivity index (χ2v) is 14.5. The highest BCUT2D eigenvalue weighted by Crippen LogP contribution is 2.59. The number of carbonyl (C=O) groups excluding carboxylic acids is 3. The van der Waals surface area contributed by atoms with Gasteiger partial charge < -0.3 is 29.6 Å². The number of hydrogen-bond donors (Lipinski definition) is 3. The van der Waals surface area contributed by atoms with E-state index < -0.39 is 42.7 Å². The average Bonchev–Trinajstić information content (AvgIpc) is 3.75. The molecule has 48 heavy (non-hydrogen) atoms. The summed E-state index contributed by atoms with van der Waals surface area (Å²) in [6.07, 6.45) is 4.06. The molecular formula is C33H33F2N4O7PS. The van der Waals surface area contributed by atoms with Crippen molar-refractivity contribution in [1.29, 1.82) is 0 Å². The van der Waals surface area contributed by atoms with Gasteiger partial charge in [-0.3, -0.25) is 23.9 Å². The van der Waals surface area contributed by atoms with Gasteiger partial charge in [-0.2, -0.15) is 8.78 Å². The minimum absolute atomic E-state index is 0.113. The third-order valence-corrected chi connectivity index (χ3v) is 10.7. The van der Waals surface area contributed by atoms with Gasteiger partial charge >= 0.3 is 13.3 Å². The molecule has 0 aliphatic carbocycles. The Morgan fingerprint density at radius 2 is 1.81 bits per heavy atom. The second-order valence-electron chi connectivity index (χ2n) is 11.8. The van der Waals surface area contributed by atoms with Crippen LogP contribution < -0.4 is 5.32 Å². The summed E-state index contributed by atoms with van der Waals surface area (Å²) in [7, 11) is -5.78. The zero-order valence-corrected chi connectivity index (χ0v) is 27.3. The van der Waals surface area contributed by atoms with Crippen LogP contribution in [0.25, 0.3) is 10.1 Å². The molecule has 2 saturated heterocycles. The topological polar surface area (TPSA) is 149 Å². The fourth-order valence-electron chi connectivity index (χ4n) is 6.11. The zero-order chi connectivity index (χ0) is 34.1. The van der Waals surface area contributed by atoms with Gasteiger partial charge in [0.1, 0.15) is 18.2 Å². The van der Waals surface area contributed by atoms with Gasteiger partial charge in [-0.25, -0.2) is 0 Å². The van der Waals surface area contributed by atoms with Crippen molar-refractivity contribution >= 4 is 46.7 Å². The number of ether oxygens (including phenoxy) is 1. The Bertz CT molecular complexity index is 1860. The van der Waals surface area contributed by atoms with Crippen LogP contribution in [-0.4, -0.2) is 80.6 Å². The number of benzene rings is 2. The van der Waals surface area contributed by atoms with Crippen molar-refractivity contribution in [1.82, 2.24) is 20.1 Å². The number of carbonyl (C=O) groups is 3. The number of morpholine rings is 1. The molecule has 3 amide bonds. The SMILES string of the molecule is O=C(N[C@@H](Cc1ccncc1)C(=O)N1CCC[C@H]1C(=O)N1CCO[C@H](c2ccccc2)C1)c1cc2cc(C(F)(F)P(=O)(O)O)ccc2s1. The molecule has 0 bridgehead atoms. The maximum Gasteiger partial charge on any atom is 0.399 e. The Hall–Kier alpha value is -4.07. The van der Waals surface area contributed by atoms with Gasteiger partial charge in [0.05, 0.1) is 18.0 Å². The average molecular weight is 699 g/mol. The number of fused-ring (bicyclic) bond motifs is 1. The fraction of sp³-hybridized carbons (Fsp3) is 0.333. The number of thiophene rings is 1. The molecule has 0 radical (unpaired) electrons. The molecule has 3 N–H and O–H groups in total. The molecule has 4 heterocycles. The van der Waals surface area contributed by atoms with Crippen LogP contribution in [0.2, 0.25) is 0 Å². The zero-order valence-electron chi connectivity index (χ0n) is 25.6. The molecule has 2 aromatic heterocycles. The summed E-state index contributed by atoms with van der Waals surface area (Å²) < 4.78 is 46.5. The summed E-state index contributed by atoms with van der Waals surface area (Å²) in [5, 5.41) is 2.99. The summed E-state index contributed by atoms with van der Waals surface area (Å²) in [4.78, 5) is 67.3. The van der Waals surface area contributed by atoms with Crippen molar-refractivity contribution < 1.29 is 42.3 Å². The summed E-state index contributed by atoms with van der Waals surface area (Å²) in [6, 6.07) is 15.8. The number of amides is 3. The van der Waals surface area contributed by atoms with Crippen LogP contribution in [-0.2, 0) is 31.0 Å². The van der Waals surface area contributed by atoms with Crippen LogP contribution >= 0.6 is 18.9 Å². The first-order chi connectivity index (χ1) is 22.9. The molecule has 4 aromatic rings. The van der Waals surface area contributed by atoms with Gasteiger partial charge in [0.2, 0.25) is 11.8 Å². The predicted molar refractivity (Wildman–Crippen MR) is 173 cm³/mol. The molecule has 2 aliphatic rings. The number of rotatable bonds is 9. The molecule has 0 unspecified atom stereocenters. The van der Waals surface area contributed by atoms with E-state index in [0.717, 1.165) is 34.6 Å². The maximum atomic E-state index is 14.4. The summed E-state index contributed by atoms with van der Waals surface area (Å²) in [5.74, 6) is -1.23. The quantitative estimate of drug-likeness (QED) is 0.217. The van der Waals surface area contributed by atoms with Crippen molar-refractivity contribution in [3.8, 4) is 0 Å². The lowest BCUT2D eigenvalue weighted by molar-refractivity contribution is -0.149. The van der Waals surface area contributed by atoms with Crippen molar-refractivity contribution in [2.45, 2.75) is 43.1 Å². The first kappa shape index (κ1) is 33.8. The van der Waals surface area contributed by atoms with Crippen molar-refractivity contribution in [3.63, 3.8) is 0 Å². The van der Waals surface area contributed by atoms with Gasteiger partial charge in [-0.15, -0.1) is 11.3 Å². The third kappa shape index (κ3) is 7.03. The van der Waals surface area contributed by atoms with E-state index in [4.69, 9.17) is 14.5 Å². The lowest BCUT2D eigenvalue weighted by Gasteiger charge is -2.37. The monoisotopic (exact) mass is 698 g/mol. The molecule has 2 fully saturated rings. The summed E-state index contributed by atoms with van der Waals surface area (Å²) in [5.41, 5.74) is -3.59. The number of hydrogen-bond acceptors (Lipinski definition) is 7. The Kier molecular flexibility index (Phi) is 9.73. The maximum absolute atomic E-state index is 14.4. The molecule has 252 valence electrons. The van der Waals surface area contributed by atoms with Crippen molar-refractivity contribution in [2.75, 3.05) is 26.2 Å². The normalized spacial score (nSPS) is 19.3. The van der Waals surface area contributed by atoms with Gasteiger partial charge in [-0.1, -0.05) is 36.4 Å². The summed E-state index contributed by atoms with van der Waals surface area (Å²) in [6.45, 7) is 1.45. The van der Waals surface area contributed by atoms with Gasteiger partial charge in [0, 0.05) is 42.2 Å². The number of likely N-dealkylation sites (tertiary alicyclic amines) is 1. The van der Waals surface area contributed by atoms with E-state index in [1.54, 1.807) is 29.4 Å². The highest BCUT2D eigenvalue weighted by Gasteiger charge is 2.50. The number of halogens is 2. The molecule has 2 aromatic carbocycles. The Labute approximate surface area is 278 Å². The third-order valence-electron chi connectivity index (χ3n) is 8.62. The lowest BCUT2D eigenvalue weighted by Crippen LogP contribution is -2.56. The summed E-state index contributed by atoms with van der Waals surface area (Å²) >= 11 is 0.988. The van der Waals surface area contributed by atoms with Crippen LogP contribution in [0.4, 0.5) is 8.78 Å². The minimum Gasteiger partial charge on any atom is -0.370 e.